The van der Waals surface area contributed by atoms with Crippen molar-refractivity contribution >= 4 is 23.2 Å². The minimum absolute atomic E-state index is 0.140. The summed E-state index contributed by atoms with van der Waals surface area (Å²) < 4.78 is 5.63. The summed E-state index contributed by atoms with van der Waals surface area (Å²) in [5, 5.41) is 9.46. The van der Waals surface area contributed by atoms with Crippen LogP contribution in [0.2, 0.25) is 5.02 Å². The fraction of sp³-hybridized carbons (Fsp3) is 0.0500. The molecule has 0 radical (unpaired) electrons. The van der Waals surface area contributed by atoms with Crippen molar-refractivity contribution in [2.75, 3.05) is 11.9 Å². The minimum atomic E-state index is -0.140. The highest BCUT2D eigenvalue weighted by atomic mass is 35.5. The van der Waals surface area contributed by atoms with Crippen molar-refractivity contribution in [1.82, 2.24) is 4.98 Å². The number of hydrogen-bond acceptors (Lipinski definition) is 4. The fourth-order valence-electron chi connectivity index (χ4n) is 2.30. The molecule has 0 saturated heterocycles. The molecule has 0 N–H and O–H groups in total. The first-order chi connectivity index (χ1) is 12.6. The maximum atomic E-state index is 12.5. The molecule has 1 heterocycles. The van der Waals surface area contributed by atoms with Gasteiger partial charge >= 0.3 is 0 Å². The number of carbonyl (C=O) groups excluding carboxylic acids is 1. The van der Waals surface area contributed by atoms with Crippen LogP contribution in [0.15, 0.2) is 66.7 Å². The van der Waals surface area contributed by atoms with Gasteiger partial charge in [0.15, 0.2) is 0 Å². The van der Waals surface area contributed by atoms with Crippen LogP contribution >= 0.6 is 11.6 Å². The van der Waals surface area contributed by atoms with E-state index in [9.17, 15) is 4.79 Å². The van der Waals surface area contributed by atoms with E-state index in [4.69, 9.17) is 21.6 Å². The standard InChI is InChI=1S/C20H14ClN3O2/c1-24(20(25)14-5-7-15(21)8-6-14)17-9-11-18(12-10-17)26-19-4-2-3-16(13-22)23-19/h2-12H,1H3. The number of anilines is 1. The molecule has 0 bridgehead atoms. The second-order valence-electron chi connectivity index (χ2n) is 5.44. The lowest BCUT2D eigenvalue weighted by molar-refractivity contribution is 0.0993. The molecular weight excluding hydrogens is 350 g/mol. The molecule has 0 saturated carbocycles. The van der Waals surface area contributed by atoms with Gasteiger partial charge in [0.25, 0.3) is 5.91 Å². The molecule has 2 aromatic carbocycles. The van der Waals surface area contributed by atoms with Crippen molar-refractivity contribution in [1.29, 1.82) is 5.26 Å². The number of nitriles is 1. The summed E-state index contributed by atoms with van der Waals surface area (Å²) in [7, 11) is 1.70. The molecule has 0 atom stereocenters. The van der Waals surface area contributed by atoms with Gasteiger partial charge in [0.1, 0.15) is 17.5 Å². The number of hydrogen-bond donors (Lipinski definition) is 0. The highest BCUT2D eigenvalue weighted by Gasteiger charge is 2.13. The topological polar surface area (TPSA) is 66.2 Å². The van der Waals surface area contributed by atoms with Crippen LogP contribution < -0.4 is 9.64 Å². The quantitative estimate of drug-likeness (QED) is 0.675. The summed E-state index contributed by atoms with van der Waals surface area (Å²) in [6.45, 7) is 0. The number of ether oxygens (including phenoxy) is 1. The SMILES string of the molecule is CN(C(=O)c1ccc(Cl)cc1)c1ccc(Oc2cccc(C#N)n2)cc1. The molecule has 0 fully saturated rings. The van der Waals surface area contributed by atoms with Crippen LogP contribution in [0.1, 0.15) is 16.1 Å². The Labute approximate surface area is 156 Å². The molecular formula is C20H14ClN3O2. The summed E-state index contributed by atoms with van der Waals surface area (Å²) in [6.07, 6.45) is 0. The van der Waals surface area contributed by atoms with E-state index in [-0.39, 0.29) is 11.6 Å². The predicted molar refractivity (Wildman–Crippen MR) is 99.7 cm³/mol. The van der Waals surface area contributed by atoms with Gasteiger partial charge in [-0.05, 0) is 54.6 Å². The number of aromatic nitrogens is 1. The maximum absolute atomic E-state index is 12.5. The van der Waals surface area contributed by atoms with E-state index in [2.05, 4.69) is 4.98 Å². The van der Waals surface area contributed by atoms with Gasteiger partial charge in [0.2, 0.25) is 5.88 Å². The average molecular weight is 364 g/mol. The molecule has 0 aliphatic carbocycles. The largest absolute Gasteiger partial charge is 0.439 e. The van der Waals surface area contributed by atoms with Gasteiger partial charge in [-0.25, -0.2) is 4.98 Å². The molecule has 0 unspecified atom stereocenters. The number of pyridine rings is 1. The van der Waals surface area contributed by atoms with Crippen LogP contribution in [0.4, 0.5) is 5.69 Å². The number of benzene rings is 2. The van der Waals surface area contributed by atoms with E-state index in [1.54, 1.807) is 78.7 Å². The Balaban J connectivity index is 1.73. The van der Waals surface area contributed by atoms with Crippen molar-refractivity contribution in [3.63, 3.8) is 0 Å². The van der Waals surface area contributed by atoms with E-state index in [1.165, 1.54) is 0 Å². The highest BCUT2D eigenvalue weighted by Crippen LogP contribution is 2.24. The van der Waals surface area contributed by atoms with Crippen molar-refractivity contribution in [2.45, 2.75) is 0 Å². The lowest BCUT2D eigenvalue weighted by atomic mass is 10.2. The van der Waals surface area contributed by atoms with Crippen molar-refractivity contribution in [2.24, 2.45) is 0 Å². The van der Waals surface area contributed by atoms with Gasteiger partial charge in [0, 0.05) is 29.4 Å². The average Bonchev–Trinajstić information content (AvgIpc) is 2.68. The van der Waals surface area contributed by atoms with Gasteiger partial charge in [-0.15, -0.1) is 0 Å². The summed E-state index contributed by atoms with van der Waals surface area (Å²) in [6, 6.07) is 20.7. The Morgan fingerprint density at radius 2 is 1.77 bits per heavy atom. The van der Waals surface area contributed by atoms with Gasteiger partial charge in [0.05, 0.1) is 0 Å². The van der Waals surface area contributed by atoms with E-state index in [0.29, 0.717) is 22.2 Å². The first-order valence-electron chi connectivity index (χ1n) is 7.75. The zero-order valence-electron chi connectivity index (χ0n) is 13.9. The van der Waals surface area contributed by atoms with Crippen LogP contribution in [0.3, 0.4) is 0 Å². The molecule has 0 aliphatic rings. The zero-order chi connectivity index (χ0) is 18.5. The number of rotatable bonds is 4. The van der Waals surface area contributed by atoms with Gasteiger partial charge in [-0.2, -0.15) is 5.26 Å². The van der Waals surface area contributed by atoms with Crippen molar-refractivity contribution < 1.29 is 9.53 Å². The first-order valence-corrected chi connectivity index (χ1v) is 8.13. The third-order valence-corrected chi connectivity index (χ3v) is 3.93. The van der Waals surface area contributed by atoms with Crippen molar-refractivity contribution in [3.05, 3.63) is 83.0 Å². The molecule has 0 spiro atoms. The molecule has 26 heavy (non-hydrogen) atoms. The third kappa shape index (κ3) is 4.00. The summed E-state index contributed by atoms with van der Waals surface area (Å²) in [4.78, 5) is 18.1. The zero-order valence-corrected chi connectivity index (χ0v) is 14.6. The van der Waals surface area contributed by atoms with Crippen LogP contribution in [0.25, 0.3) is 0 Å². The third-order valence-electron chi connectivity index (χ3n) is 3.68. The Kier molecular flexibility index (Phi) is 5.16. The first kappa shape index (κ1) is 17.5. The molecule has 5 nitrogen and oxygen atoms in total. The van der Waals surface area contributed by atoms with E-state index in [1.807, 2.05) is 6.07 Å². The lowest BCUT2D eigenvalue weighted by Crippen LogP contribution is -2.26. The van der Waals surface area contributed by atoms with E-state index >= 15 is 0 Å². The monoisotopic (exact) mass is 363 g/mol. The summed E-state index contributed by atoms with van der Waals surface area (Å²) in [5.41, 5.74) is 1.55. The Morgan fingerprint density at radius 1 is 1.08 bits per heavy atom. The maximum Gasteiger partial charge on any atom is 0.258 e. The van der Waals surface area contributed by atoms with Gasteiger partial charge in [-0.3, -0.25) is 4.79 Å². The fourth-order valence-corrected chi connectivity index (χ4v) is 2.42. The molecule has 6 heteroatoms. The number of amides is 1. The Morgan fingerprint density at radius 3 is 2.42 bits per heavy atom. The van der Waals surface area contributed by atoms with Gasteiger partial charge in [-0.1, -0.05) is 17.7 Å². The van der Waals surface area contributed by atoms with Crippen LogP contribution in [0, 0.1) is 11.3 Å². The molecule has 3 rings (SSSR count). The smallest absolute Gasteiger partial charge is 0.258 e. The molecule has 0 aliphatic heterocycles. The van der Waals surface area contributed by atoms with E-state index < -0.39 is 0 Å². The molecule has 1 aromatic heterocycles. The highest BCUT2D eigenvalue weighted by molar-refractivity contribution is 6.30. The van der Waals surface area contributed by atoms with Crippen LogP contribution in [0.5, 0.6) is 11.6 Å². The van der Waals surface area contributed by atoms with Crippen LogP contribution in [-0.2, 0) is 0 Å². The summed E-state index contributed by atoms with van der Waals surface area (Å²) >= 11 is 5.85. The molecule has 128 valence electrons. The number of carbonyl (C=O) groups is 1. The molecule has 3 aromatic rings. The Hall–Kier alpha value is -3.36. The number of halogens is 1. The normalized spacial score (nSPS) is 10.0. The minimum Gasteiger partial charge on any atom is -0.439 e. The van der Waals surface area contributed by atoms with Gasteiger partial charge < -0.3 is 9.64 Å². The van der Waals surface area contributed by atoms with Crippen LogP contribution in [-0.4, -0.2) is 17.9 Å². The Bertz CT molecular complexity index is 964. The second kappa shape index (κ2) is 7.68. The van der Waals surface area contributed by atoms with E-state index in [0.717, 1.165) is 5.69 Å². The second-order valence-corrected chi connectivity index (χ2v) is 5.88. The van der Waals surface area contributed by atoms with Crippen molar-refractivity contribution in [3.8, 4) is 17.7 Å². The number of nitrogens with zero attached hydrogens (tertiary/aromatic N) is 3. The summed E-state index contributed by atoms with van der Waals surface area (Å²) in [5.74, 6) is 0.754. The molecule has 1 amide bonds. The predicted octanol–water partition coefficient (Wildman–Crippen LogP) is 4.68. The lowest BCUT2D eigenvalue weighted by Gasteiger charge is -2.18.